The van der Waals surface area contributed by atoms with Crippen LogP contribution in [0.5, 0.6) is 0 Å². The fourth-order valence-corrected chi connectivity index (χ4v) is 3.59. The fourth-order valence-electron chi connectivity index (χ4n) is 3.59. The molecule has 1 fully saturated rings. The molecule has 4 atom stereocenters. The van der Waals surface area contributed by atoms with E-state index >= 15 is 0 Å². The van der Waals surface area contributed by atoms with Gasteiger partial charge in [-0.3, -0.25) is 0 Å². The summed E-state index contributed by atoms with van der Waals surface area (Å²) in [5, 5.41) is 0. The molecule has 13 heavy (non-hydrogen) atoms. The molecule has 3 rings (SSSR count). The van der Waals surface area contributed by atoms with Crippen molar-refractivity contribution in [3.05, 3.63) is 24.3 Å². The second-order valence-electron chi connectivity index (χ2n) is 5.08. The first kappa shape index (κ1) is 7.84. The molecular formula is C13H18. The molecular weight excluding hydrogens is 156 g/mol. The van der Waals surface area contributed by atoms with Crippen molar-refractivity contribution in [1.82, 2.24) is 0 Å². The van der Waals surface area contributed by atoms with Crippen LogP contribution in [0.15, 0.2) is 24.3 Å². The topological polar surface area (TPSA) is 0 Å². The maximum Gasteiger partial charge on any atom is -0.00440 e. The summed E-state index contributed by atoms with van der Waals surface area (Å²) in [5.74, 6) is 2.72. The van der Waals surface area contributed by atoms with E-state index < -0.39 is 0 Å². The molecule has 0 aromatic rings. The number of fused-ring (bicyclic) bond motifs is 2. The average molecular weight is 174 g/mol. The van der Waals surface area contributed by atoms with Gasteiger partial charge in [-0.2, -0.15) is 0 Å². The molecule has 70 valence electrons. The van der Waals surface area contributed by atoms with Crippen LogP contribution in [0.3, 0.4) is 0 Å². The van der Waals surface area contributed by atoms with Crippen molar-refractivity contribution in [3.63, 3.8) is 0 Å². The van der Waals surface area contributed by atoms with Crippen molar-refractivity contribution in [2.24, 2.45) is 23.2 Å². The molecule has 1 saturated carbocycles. The van der Waals surface area contributed by atoms with Gasteiger partial charge in [-0.25, -0.2) is 0 Å². The number of allylic oxidation sites excluding steroid dienone is 4. The zero-order valence-corrected chi connectivity index (χ0v) is 8.37. The molecule has 0 aromatic carbocycles. The molecule has 4 unspecified atom stereocenters. The van der Waals surface area contributed by atoms with E-state index in [9.17, 15) is 0 Å². The Kier molecular flexibility index (Phi) is 1.51. The largest absolute Gasteiger partial charge is 0.0848 e. The van der Waals surface area contributed by atoms with Gasteiger partial charge < -0.3 is 0 Å². The Morgan fingerprint density at radius 1 is 1.31 bits per heavy atom. The van der Waals surface area contributed by atoms with Crippen molar-refractivity contribution < 1.29 is 0 Å². The predicted molar refractivity (Wildman–Crippen MR) is 55.3 cm³/mol. The van der Waals surface area contributed by atoms with Crippen LogP contribution in [0.25, 0.3) is 0 Å². The molecule has 0 N–H and O–H groups in total. The molecule has 0 aromatic heterocycles. The highest BCUT2D eigenvalue weighted by atomic mass is 14.5. The molecule has 0 aliphatic heterocycles. The Morgan fingerprint density at radius 3 is 2.62 bits per heavy atom. The van der Waals surface area contributed by atoms with Crippen LogP contribution in [0.1, 0.15) is 32.6 Å². The predicted octanol–water partition coefficient (Wildman–Crippen LogP) is 3.55. The average Bonchev–Trinajstić information content (AvgIpc) is 2.62. The quantitative estimate of drug-likeness (QED) is 0.561. The van der Waals surface area contributed by atoms with Gasteiger partial charge in [0.25, 0.3) is 0 Å². The monoisotopic (exact) mass is 174 g/mol. The van der Waals surface area contributed by atoms with E-state index in [0.29, 0.717) is 5.41 Å². The molecule has 0 radical (unpaired) electrons. The van der Waals surface area contributed by atoms with Gasteiger partial charge in [-0.05, 0) is 48.9 Å². The van der Waals surface area contributed by atoms with Crippen LogP contribution in [0.2, 0.25) is 0 Å². The van der Waals surface area contributed by atoms with Gasteiger partial charge in [-0.1, -0.05) is 31.2 Å². The smallest absolute Gasteiger partial charge is 0.00440 e. The summed E-state index contributed by atoms with van der Waals surface area (Å²) >= 11 is 0. The summed E-state index contributed by atoms with van der Waals surface area (Å²) in [6, 6.07) is 0. The summed E-state index contributed by atoms with van der Waals surface area (Å²) in [4.78, 5) is 0. The van der Waals surface area contributed by atoms with E-state index in [1.54, 1.807) is 0 Å². The van der Waals surface area contributed by atoms with E-state index in [0.717, 1.165) is 17.8 Å². The van der Waals surface area contributed by atoms with Gasteiger partial charge >= 0.3 is 0 Å². The zero-order valence-electron chi connectivity index (χ0n) is 8.37. The van der Waals surface area contributed by atoms with Crippen LogP contribution in [-0.4, -0.2) is 0 Å². The molecule has 0 heterocycles. The third-order valence-electron chi connectivity index (χ3n) is 4.49. The Labute approximate surface area is 80.7 Å². The maximum absolute atomic E-state index is 2.54. The number of hydrogen-bond donors (Lipinski definition) is 0. The van der Waals surface area contributed by atoms with Gasteiger partial charge in [0.05, 0.1) is 0 Å². The van der Waals surface area contributed by atoms with Gasteiger partial charge in [0.1, 0.15) is 0 Å². The third kappa shape index (κ3) is 0.920. The summed E-state index contributed by atoms with van der Waals surface area (Å²) in [5.41, 5.74) is 0.611. The first-order valence-corrected chi connectivity index (χ1v) is 5.72. The van der Waals surface area contributed by atoms with E-state index in [1.165, 1.54) is 25.7 Å². The minimum Gasteiger partial charge on any atom is -0.0848 e. The Hall–Kier alpha value is -0.520. The molecule has 0 amide bonds. The van der Waals surface area contributed by atoms with Crippen LogP contribution in [0, 0.1) is 23.2 Å². The summed E-state index contributed by atoms with van der Waals surface area (Å²) in [6.45, 7) is 2.32. The summed E-state index contributed by atoms with van der Waals surface area (Å²) < 4.78 is 0. The lowest BCUT2D eigenvalue weighted by Crippen LogP contribution is -2.33. The Morgan fingerprint density at radius 2 is 2.23 bits per heavy atom. The molecule has 0 heteroatoms. The first-order chi connectivity index (χ1) is 6.34. The summed E-state index contributed by atoms with van der Waals surface area (Å²) in [6.07, 6.45) is 15.6. The SMILES string of the molecule is CCC1C=CC1C12C=CC(CC1)C2. The minimum absolute atomic E-state index is 0.611. The summed E-state index contributed by atoms with van der Waals surface area (Å²) in [7, 11) is 0. The van der Waals surface area contributed by atoms with Crippen molar-refractivity contribution in [1.29, 1.82) is 0 Å². The number of rotatable bonds is 2. The standard InChI is InChI=1S/C13H18/c1-2-11-3-4-12(11)13-7-5-10(9-13)6-8-13/h3-5,7,10-12H,2,6,8-9H2,1H3. The second kappa shape index (κ2) is 2.50. The van der Waals surface area contributed by atoms with Crippen LogP contribution >= 0.6 is 0 Å². The van der Waals surface area contributed by atoms with E-state index in [-0.39, 0.29) is 0 Å². The lowest BCUT2D eigenvalue weighted by atomic mass is 9.63. The van der Waals surface area contributed by atoms with E-state index in [4.69, 9.17) is 0 Å². The van der Waals surface area contributed by atoms with Crippen LogP contribution < -0.4 is 0 Å². The van der Waals surface area contributed by atoms with Gasteiger partial charge in [0, 0.05) is 0 Å². The van der Waals surface area contributed by atoms with Crippen LogP contribution in [-0.2, 0) is 0 Å². The zero-order chi connectivity index (χ0) is 8.89. The maximum atomic E-state index is 2.54. The minimum atomic E-state index is 0.611. The number of hydrogen-bond acceptors (Lipinski definition) is 0. The highest BCUT2D eigenvalue weighted by Gasteiger charge is 2.48. The molecule has 0 nitrogen and oxygen atoms in total. The first-order valence-electron chi connectivity index (χ1n) is 5.72. The van der Waals surface area contributed by atoms with Gasteiger partial charge in [0.15, 0.2) is 0 Å². The molecule has 0 spiro atoms. The van der Waals surface area contributed by atoms with Crippen LogP contribution in [0.4, 0.5) is 0 Å². The molecule has 3 aliphatic carbocycles. The molecule has 0 saturated heterocycles. The van der Waals surface area contributed by atoms with Crippen molar-refractivity contribution >= 4 is 0 Å². The highest BCUT2D eigenvalue weighted by molar-refractivity contribution is 5.26. The lowest BCUT2D eigenvalue weighted by Gasteiger charge is -2.41. The normalized spacial score (nSPS) is 51.3. The van der Waals surface area contributed by atoms with Gasteiger partial charge in [0.2, 0.25) is 0 Å². The van der Waals surface area contributed by atoms with E-state index in [1.807, 2.05) is 0 Å². The third-order valence-corrected chi connectivity index (χ3v) is 4.49. The van der Waals surface area contributed by atoms with Crippen molar-refractivity contribution in [3.8, 4) is 0 Å². The fraction of sp³-hybridized carbons (Fsp3) is 0.692. The lowest BCUT2D eigenvalue weighted by molar-refractivity contribution is 0.205. The second-order valence-corrected chi connectivity index (χ2v) is 5.08. The molecule has 2 bridgehead atoms. The van der Waals surface area contributed by atoms with Gasteiger partial charge in [-0.15, -0.1) is 0 Å². The molecule has 3 aliphatic rings. The van der Waals surface area contributed by atoms with Crippen molar-refractivity contribution in [2.75, 3.05) is 0 Å². The Balaban J connectivity index is 1.86. The highest BCUT2D eigenvalue weighted by Crippen LogP contribution is 2.58. The Bertz CT molecular complexity index is 274. The van der Waals surface area contributed by atoms with Crippen molar-refractivity contribution in [2.45, 2.75) is 32.6 Å². The van der Waals surface area contributed by atoms with E-state index in [2.05, 4.69) is 31.2 Å².